The van der Waals surface area contributed by atoms with Crippen LogP contribution >= 0.6 is 0 Å². The minimum absolute atomic E-state index is 0.286. The van der Waals surface area contributed by atoms with E-state index >= 15 is 0 Å². The summed E-state index contributed by atoms with van der Waals surface area (Å²) in [6, 6.07) is -1.07. The molecule has 222 valence electrons. The number of amides is 1. The van der Waals surface area contributed by atoms with Gasteiger partial charge in [0.1, 0.15) is 0 Å². The average Bonchev–Trinajstić information content (AvgIpc) is 2.86. The van der Waals surface area contributed by atoms with E-state index in [0.29, 0.717) is 6.42 Å². The van der Waals surface area contributed by atoms with E-state index in [2.05, 4.69) is 43.5 Å². The minimum atomic E-state index is -4.34. The molecular formula is C31H57NO5S. The summed E-state index contributed by atoms with van der Waals surface area (Å²) in [5, 5.41) is 13.0. The number of nitrogens with one attached hydrogen (secondary N) is 1. The number of allylic oxidation sites excluding steroid dienone is 5. The quantitative estimate of drug-likeness (QED) is 0.0573. The zero-order valence-electron chi connectivity index (χ0n) is 24.3. The average molecular weight is 556 g/mol. The number of unbranched alkanes of at least 4 members (excludes halogenated alkanes) is 14. The van der Waals surface area contributed by atoms with Crippen molar-refractivity contribution in [2.24, 2.45) is 0 Å². The van der Waals surface area contributed by atoms with Gasteiger partial charge < -0.3 is 10.4 Å². The van der Waals surface area contributed by atoms with E-state index in [-0.39, 0.29) is 12.3 Å². The second-order valence-electron chi connectivity index (χ2n) is 10.3. The molecule has 0 heterocycles. The van der Waals surface area contributed by atoms with Crippen LogP contribution in [0.1, 0.15) is 136 Å². The second-order valence-corrected chi connectivity index (χ2v) is 11.8. The molecule has 0 fully saturated rings. The molecule has 7 heteroatoms. The van der Waals surface area contributed by atoms with Crippen molar-refractivity contribution in [3.8, 4) is 0 Å². The fourth-order valence-electron chi connectivity index (χ4n) is 4.31. The highest BCUT2D eigenvalue weighted by Gasteiger charge is 2.24. The number of rotatable bonds is 26. The molecule has 0 saturated heterocycles. The Hall–Kier alpha value is -1.44. The summed E-state index contributed by atoms with van der Waals surface area (Å²) >= 11 is 0. The Balaban J connectivity index is 4.13. The van der Waals surface area contributed by atoms with E-state index in [1.54, 1.807) is 6.08 Å². The number of hydrogen-bond acceptors (Lipinski definition) is 4. The summed E-state index contributed by atoms with van der Waals surface area (Å²) in [6.45, 7) is 4.35. The van der Waals surface area contributed by atoms with Crippen LogP contribution in [0.25, 0.3) is 0 Å². The predicted octanol–water partition coefficient (Wildman–Crippen LogP) is 7.84. The first kappa shape index (κ1) is 36.6. The maximum atomic E-state index is 12.4. The summed E-state index contributed by atoms with van der Waals surface area (Å²) in [5.41, 5.74) is 0. The Kier molecular flexibility index (Phi) is 24.8. The molecule has 0 aliphatic rings. The van der Waals surface area contributed by atoms with E-state index in [0.717, 1.165) is 44.9 Å². The third-order valence-corrected chi connectivity index (χ3v) is 7.34. The molecule has 0 aromatic carbocycles. The van der Waals surface area contributed by atoms with E-state index in [9.17, 15) is 22.9 Å². The maximum absolute atomic E-state index is 12.4. The van der Waals surface area contributed by atoms with Crippen molar-refractivity contribution in [2.75, 3.05) is 5.75 Å². The molecule has 0 aliphatic carbocycles. The van der Waals surface area contributed by atoms with Crippen molar-refractivity contribution in [1.82, 2.24) is 5.32 Å². The van der Waals surface area contributed by atoms with E-state index in [1.165, 1.54) is 70.3 Å². The Morgan fingerprint density at radius 1 is 0.711 bits per heavy atom. The van der Waals surface area contributed by atoms with E-state index in [4.69, 9.17) is 0 Å². The molecule has 1 amide bonds. The van der Waals surface area contributed by atoms with Gasteiger partial charge in [0.15, 0.2) is 0 Å². The van der Waals surface area contributed by atoms with Crippen molar-refractivity contribution in [3.63, 3.8) is 0 Å². The molecule has 0 spiro atoms. The van der Waals surface area contributed by atoms with Crippen molar-refractivity contribution >= 4 is 16.0 Å². The molecule has 0 aromatic heterocycles. The number of aliphatic hydroxyl groups is 1. The molecule has 0 aliphatic heterocycles. The van der Waals surface area contributed by atoms with Crippen LogP contribution in [0.15, 0.2) is 36.5 Å². The molecule has 2 unspecified atom stereocenters. The maximum Gasteiger partial charge on any atom is 0.267 e. The zero-order valence-corrected chi connectivity index (χ0v) is 25.1. The largest absolute Gasteiger partial charge is 0.387 e. The molecule has 0 bridgehead atoms. The lowest BCUT2D eigenvalue weighted by Gasteiger charge is -2.21. The van der Waals surface area contributed by atoms with Crippen LogP contribution in [0.3, 0.4) is 0 Å². The Bertz CT molecular complexity index is 745. The van der Waals surface area contributed by atoms with Crippen molar-refractivity contribution in [3.05, 3.63) is 36.5 Å². The topological polar surface area (TPSA) is 104 Å². The standard InChI is InChI=1S/C31H57NO5S/c1-3-5-7-9-11-13-15-16-17-19-21-23-25-27-31(34)32-29(28-38(35,36)37)30(33)26-24-22-20-18-14-12-10-8-6-4-2/h6,8,14,18,24,26,29-30,33H,3-5,7,9-13,15-17,19-23,25,27-28H2,1-2H3,(H,32,34)(H,35,36,37)/b8-6+,18-14+,26-24+. The van der Waals surface area contributed by atoms with Crippen molar-refractivity contribution < 1.29 is 22.9 Å². The molecule has 0 saturated carbocycles. The molecule has 6 nitrogen and oxygen atoms in total. The second kappa shape index (κ2) is 25.8. The van der Waals surface area contributed by atoms with Gasteiger partial charge in [0.05, 0.1) is 17.9 Å². The van der Waals surface area contributed by atoms with Gasteiger partial charge in [-0.3, -0.25) is 9.35 Å². The smallest absolute Gasteiger partial charge is 0.267 e. The zero-order chi connectivity index (χ0) is 28.3. The molecule has 3 N–H and O–H groups in total. The van der Waals surface area contributed by atoms with Gasteiger partial charge >= 0.3 is 0 Å². The Morgan fingerprint density at radius 2 is 1.16 bits per heavy atom. The highest BCUT2D eigenvalue weighted by atomic mass is 32.2. The first-order chi connectivity index (χ1) is 18.3. The molecule has 38 heavy (non-hydrogen) atoms. The van der Waals surface area contributed by atoms with Crippen LogP contribution in [0.5, 0.6) is 0 Å². The molecular weight excluding hydrogens is 498 g/mol. The van der Waals surface area contributed by atoms with Crippen molar-refractivity contribution in [2.45, 2.75) is 148 Å². The normalized spacial score (nSPS) is 14.1. The lowest BCUT2D eigenvalue weighted by Crippen LogP contribution is -2.46. The van der Waals surface area contributed by atoms with Crippen LogP contribution in [-0.4, -0.2) is 41.9 Å². The molecule has 2 atom stereocenters. The lowest BCUT2D eigenvalue weighted by molar-refractivity contribution is -0.122. The summed E-state index contributed by atoms with van der Waals surface area (Å²) in [6.07, 6.45) is 31.4. The third-order valence-electron chi connectivity index (χ3n) is 6.56. The highest BCUT2D eigenvalue weighted by molar-refractivity contribution is 7.85. The highest BCUT2D eigenvalue weighted by Crippen LogP contribution is 2.13. The fourth-order valence-corrected chi connectivity index (χ4v) is 5.04. The molecule has 0 rings (SSSR count). The monoisotopic (exact) mass is 555 g/mol. The summed E-state index contributed by atoms with van der Waals surface area (Å²) in [5.74, 6) is -1.01. The van der Waals surface area contributed by atoms with E-state index in [1.807, 2.05) is 0 Å². The van der Waals surface area contributed by atoms with Crippen LogP contribution in [0, 0.1) is 0 Å². The van der Waals surface area contributed by atoms with Crippen LogP contribution < -0.4 is 5.32 Å². The Morgan fingerprint density at radius 3 is 1.63 bits per heavy atom. The number of aliphatic hydroxyl groups excluding tert-OH is 1. The first-order valence-corrected chi connectivity index (χ1v) is 16.8. The molecule has 0 aromatic rings. The number of hydrogen-bond donors (Lipinski definition) is 3. The van der Waals surface area contributed by atoms with E-state index < -0.39 is 28.0 Å². The lowest BCUT2D eigenvalue weighted by atomic mass is 10.0. The number of carbonyl (C=O) groups excluding carboxylic acids is 1. The van der Waals surface area contributed by atoms with Crippen LogP contribution in [0.4, 0.5) is 0 Å². The van der Waals surface area contributed by atoms with Gasteiger partial charge in [-0.05, 0) is 38.5 Å². The number of carbonyl (C=O) groups is 1. The van der Waals surface area contributed by atoms with Crippen LogP contribution in [0.2, 0.25) is 0 Å². The Labute approximate surface area is 234 Å². The van der Waals surface area contributed by atoms with Crippen molar-refractivity contribution in [1.29, 1.82) is 0 Å². The summed E-state index contributed by atoms with van der Waals surface area (Å²) in [7, 11) is -4.34. The summed E-state index contributed by atoms with van der Waals surface area (Å²) in [4.78, 5) is 12.4. The van der Waals surface area contributed by atoms with Gasteiger partial charge in [0.2, 0.25) is 5.91 Å². The molecule has 0 radical (unpaired) electrons. The first-order valence-electron chi connectivity index (χ1n) is 15.2. The minimum Gasteiger partial charge on any atom is -0.387 e. The van der Waals surface area contributed by atoms with Gasteiger partial charge in [-0.2, -0.15) is 8.42 Å². The van der Waals surface area contributed by atoms with Gasteiger partial charge in [0.25, 0.3) is 10.1 Å². The van der Waals surface area contributed by atoms with Gasteiger partial charge in [-0.1, -0.05) is 127 Å². The van der Waals surface area contributed by atoms with Gasteiger partial charge in [-0.25, -0.2) is 0 Å². The predicted molar refractivity (Wildman–Crippen MR) is 161 cm³/mol. The summed E-state index contributed by atoms with van der Waals surface area (Å²) < 4.78 is 32.1. The van der Waals surface area contributed by atoms with Crippen LogP contribution in [-0.2, 0) is 14.9 Å². The van der Waals surface area contributed by atoms with Gasteiger partial charge in [0, 0.05) is 6.42 Å². The fraction of sp³-hybridized carbons (Fsp3) is 0.774. The third kappa shape index (κ3) is 26.2. The van der Waals surface area contributed by atoms with Gasteiger partial charge in [-0.15, -0.1) is 0 Å². The SMILES string of the molecule is CC/C=C/CC/C=C/CC/C=C/C(O)C(CS(=O)(=O)O)NC(=O)CCCCCCCCCCCCCCC.